The zero-order valence-electron chi connectivity index (χ0n) is 11.2. The molecule has 0 aromatic heterocycles. The van der Waals surface area contributed by atoms with Crippen LogP contribution < -0.4 is 0 Å². The van der Waals surface area contributed by atoms with Crippen LogP contribution in [-0.2, 0) is 0 Å². The van der Waals surface area contributed by atoms with Gasteiger partial charge in [-0.1, -0.05) is 36.4 Å². The van der Waals surface area contributed by atoms with Crippen LogP contribution >= 0.6 is 31.9 Å². The molecule has 4 aromatic carbocycles. The lowest BCUT2D eigenvalue weighted by Crippen LogP contribution is -1.89. The molecule has 4 aromatic rings. The zero-order chi connectivity index (χ0) is 14.0. The molecular formula is C18H12Br2. The second-order valence-electron chi connectivity index (χ2n) is 5.44. The molecule has 0 saturated heterocycles. The normalized spacial score (nSPS) is 12.0. The van der Waals surface area contributed by atoms with Crippen molar-refractivity contribution in [2.75, 3.05) is 0 Å². The van der Waals surface area contributed by atoms with E-state index in [1.165, 1.54) is 52.4 Å². The fourth-order valence-corrected chi connectivity index (χ4v) is 4.06. The third-order valence-electron chi connectivity index (χ3n) is 4.13. The van der Waals surface area contributed by atoms with Crippen LogP contribution in [0.5, 0.6) is 0 Å². The van der Waals surface area contributed by atoms with Crippen molar-refractivity contribution in [3.05, 3.63) is 56.5 Å². The second-order valence-corrected chi connectivity index (χ2v) is 7.02. The summed E-state index contributed by atoms with van der Waals surface area (Å²) in [6.45, 7) is 4.30. The molecule has 4 rings (SSSR count). The molecule has 0 aliphatic heterocycles. The van der Waals surface area contributed by atoms with Gasteiger partial charge in [-0.3, -0.25) is 0 Å². The van der Waals surface area contributed by atoms with E-state index in [1.54, 1.807) is 0 Å². The standard InChI is InChI=1S/C18H12Br2/c1-9-7-11-3-6-14-16-12(8-10(2)18(14)20)4-5-13(15(11)16)17(9)19/h3-8H,1-2H3. The Morgan fingerprint density at radius 3 is 1.45 bits per heavy atom. The number of rotatable bonds is 0. The molecule has 2 heteroatoms. The predicted octanol–water partition coefficient (Wildman–Crippen LogP) is 6.73. The fourth-order valence-electron chi connectivity index (χ4n) is 3.17. The van der Waals surface area contributed by atoms with Crippen molar-refractivity contribution < 1.29 is 0 Å². The number of halogens is 2. The third kappa shape index (κ3) is 1.52. The Hall–Kier alpha value is -1.12. The highest BCUT2D eigenvalue weighted by molar-refractivity contribution is 9.11. The fraction of sp³-hybridized carbons (Fsp3) is 0.111. The lowest BCUT2D eigenvalue weighted by Gasteiger charge is -2.15. The highest BCUT2D eigenvalue weighted by Gasteiger charge is 2.14. The van der Waals surface area contributed by atoms with E-state index >= 15 is 0 Å². The Balaban J connectivity index is 2.42. The average Bonchev–Trinajstić information content (AvgIpc) is 2.44. The van der Waals surface area contributed by atoms with E-state index in [2.05, 4.69) is 82.1 Å². The van der Waals surface area contributed by atoms with Gasteiger partial charge in [-0.05, 0) is 89.2 Å². The maximum Gasteiger partial charge on any atom is 0.0283 e. The van der Waals surface area contributed by atoms with Gasteiger partial charge in [0.25, 0.3) is 0 Å². The largest absolute Gasteiger partial charge is 0.0537 e. The highest BCUT2D eigenvalue weighted by Crippen LogP contribution is 2.42. The summed E-state index contributed by atoms with van der Waals surface area (Å²) in [6.07, 6.45) is 0. The van der Waals surface area contributed by atoms with E-state index < -0.39 is 0 Å². The van der Waals surface area contributed by atoms with E-state index in [0.29, 0.717) is 0 Å². The molecule has 0 aliphatic carbocycles. The van der Waals surface area contributed by atoms with Gasteiger partial charge in [0.15, 0.2) is 0 Å². The summed E-state index contributed by atoms with van der Waals surface area (Å²) in [7, 11) is 0. The molecular weight excluding hydrogens is 376 g/mol. The van der Waals surface area contributed by atoms with E-state index in [1.807, 2.05) is 0 Å². The first-order valence-electron chi connectivity index (χ1n) is 6.60. The molecule has 0 N–H and O–H groups in total. The third-order valence-corrected chi connectivity index (χ3v) is 6.24. The van der Waals surface area contributed by atoms with Crippen molar-refractivity contribution in [1.29, 1.82) is 0 Å². The smallest absolute Gasteiger partial charge is 0.0283 e. The van der Waals surface area contributed by atoms with E-state index in [4.69, 9.17) is 0 Å². The minimum absolute atomic E-state index is 1.20. The summed E-state index contributed by atoms with van der Waals surface area (Å²) in [5, 5.41) is 7.95. The first-order chi connectivity index (χ1) is 9.58. The Labute approximate surface area is 134 Å². The SMILES string of the molecule is Cc1cc2ccc3c(Br)c(C)cc4ccc(c1Br)c2c43. The van der Waals surface area contributed by atoms with Gasteiger partial charge in [0.2, 0.25) is 0 Å². The minimum atomic E-state index is 1.20. The quantitative estimate of drug-likeness (QED) is 0.293. The topological polar surface area (TPSA) is 0 Å². The first kappa shape index (κ1) is 12.6. The molecule has 20 heavy (non-hydrogen) atoms. The Bertz CT molecular complexity index is 902. The zero-order valence-corrected chi connectivity index (χ0v) is 14.4. The van der Waals surface area contributed by atoms with Crippen molar-refractivity contribution in [1.82, 2.24) is 0 Å². The van der Waals surface area contributed by atoms with Crippen molar-refractivity contribution in [3.63, 3.8) is 0 Å². The molecule has 0 amide bonds. The summed E-state index contributed by atoms with van der Waals surface area (Å²) < 4.78 is 2.41. The van der Waals surface area contributed by atoms with Gasteiger partial charge in [0.1, 0.15) is 0 Å². The highest BCUT2D eigenvalue weighted by atomic mass is 79.9. The van der Waals surface area contributed by atoms with Gasteiger partial charge in [0.05, 0.1) is 0 Å². The molecule has 0 nitrogen and oxygen atoms in total. The van der Waals surface area contributed by atoms with Crippen LogP contribution in [0.25, 0.3) is 32.3 Å². The molecule has 0 bridgehead atoms. The van der Waals surface area contributed by atoms with Crippen molar-refractivity contribution in [2.24, 2.45) is 0 Å². The average molecular weight is 388 g/mol. The minimum Gasteiger partial charge on any atom is -0.0537 e. The van der Waals surface area contributed by atoms with Crippen LogP contribution in [0.15, 0.2) is 45.3 Å². The molecule has 0 heterocycles. The monoisotopic (exact) mass is 386 g/mol. The summed E-state index contributed by atoms with van der Waals surface area (Å²) >= 11 is 7.49. The number of hydrogen-bond acceptors (Lipinski definition) is 0. The van der Waals surface area contributed by atoms with Crippen molar-refractivity contribution >= 4 is 64.2 Å². The lowest BCUT2D eigenvalue weighted by atomic mass is 9.92. The summed E-state index contributed by atoms with van der Waals surface area (Å²) in [6, 6.07) is 13.4. The van der Waals surface area contributed by atoms with Crippen molar-refractivity contribution in [2.45, 2.75) is 13.8 Å². The molecule has 0 spiro atoms. The Morgan fingerprint density at radius 2 is 1.05 bits per heavy atom. The number of aryl methyl sites for hydroxylation is 2. The van der Waals surface area contributed by atoms with E-state index in [-0.39, 0.29) is 0 Å². The molecule has 0 saturated carbocycles. The predicted molar refractivity (Wildman–Crippen MR) is 95.0 cm³/mol. The van der Waals surface area contributed by atoms with Gasteiger partial charge >= 0.3 is 0 Å². The lowest BCUT2D eigenvalue weighted by molar-refractivity contribution is 1.47. The van der Waals surface area contributed by atoms with Crippen LogP contribution in [0.1, 0.15) is 11.1 Å². The van der Waals surface area contributed by atoms with E-state index in [9.17, 15) is 0 Å². The van der Waals surface area contributed by atoms with Crippen LogP contribution in [0.2, 0.25) is 0 Å². The van der Waals surface area contributed by atoms with Gasteiger partial charge in [-0.15, -0.1) is 0 Å². The van der Waals surface area contributed by atoms with Crippen LogP contribution in [0.4, 0.5) is 0 Å². The second kappa shape index (κ2) is 4.19. The molecule has 98 valence electrons. The Kier molecular flexibility index (Phi) is 2.64. The van der Waals surface area contributed by atoms with Crippen molar-refractivity contribution in [3.8, 4) is 0 Å². The van der Waals surface area contributed by atoms with Crippen LogP contribution in [0.3, 0.4) is 0 Å². The van der Waals surface area contributed by atoms with Crippen LogP contribution in [0, 0.1) is 13.8 Å². The summed E-state index contributed by atoms with van der Waals surface area (Å²) in [5.41, 5.74) is 2.57. The van der Waals surface area contributed by atoms with Gasteiger partial charge in [-0.25, -0.2) is 0 Å². The summed E-state index contributed by atoms with van der Waals surface area (Å²) in [4.78, 5) is 0. The number of hydrogen-bond donors (Lipinski definition) is 0. The van der Waals surface area contributed by atoms with Gasteiger partial charge in [0, 0.05) is 8.95 Å². The molecule has 0 aliphatic rings. The van der Waals surface area contributed by atoms with E-state index in [0.717, 1.165) is 0 Å². The molecule has 0 unspecified atom stereocenters. The number of benzene rings is 4. The first-order valence-corrected chi connectivity index (χ1v) is 8.19. The molecule has 0 atom stereocenters. The molecule has 0 radical (unpaired) electrons. The maximum atomic E-state index is 3.75. The maximum absolute atomic E-state index is 3.75. The van der Waals surface area contributed by atoms with Gasteiger partial charge < -0.3 is 0 Å². The van der Waals surface area contributed by atoms with Gasteiger partial charge in [-0.2, -0.15) is 0 Å². The van der Waals surface area contributed by atoms with Crippen LogP contribution in [-0.4, -0.2) is 0 Å². The summed E-state index contributed by atoms with van der Waals surface area (Å²) in [5.74, 6) is 0. The molecule has 0 fully saturated rings. The Morgan fingerprint density at radius 1 is 0.650 bits per heavy atom.